The topological polar surface area (TPSA) is 23.1 Å². The Morgan fingerprint density at radius 2 is 1.67 bits per heavy atom. The molecule has 1 aromatic carbocycles. The average Bonchev–Trinajstić information content (AvgIpc) is 2.07. The van der Waals surface area contributed by atoms with E-state index in [9.17, 15) is 5.11 Å². The maximum absolute atomic E-state index is 10.3. The predicted octanol–water partition coefficient (Wildman–Crippen LogP) is 2.00. The van der Waals surface area contributed by atoms with E-state index in [0.717, 1.165) is 0 Å². The molecule has 0 unspecified atom stereocenters. The first kappa shape index (κ1) is 14.3. The minimum absolute atomic E-state index is 0. The molecule has 0 aliphatic heterocycles. The predicted molar refractivity (Wildman–Crippen MR) is 51.9 cm³/mol. The fourth-order valence-electron chi connectivity index (χ4n) is 0.420. The maximum Gasteiger partial charge on any atom is 2.00 e. The van der Waals surface area contributed by atoms with Gasteiger partial charge in [-0.05, 0) is 0 Å². The van der Waals surface area contributed by atoms with Gasteiger partial charge in [0.2, 0.25) is 0 Å². The van der Waals surface area contributed by atoms with Gasteiger partial charge in [-0.15, -0.1) is 5.75 Å². The van der Waals surface area contributed by atoms with Crippen molar-refractivity contribution < 1.29 is 5.11 Å². The van der Waals surface area contributed by atoms with Gasteiger partial charge in [0.05, 0.1) is 0 Å². The van der Waals surface area contributed by atoms with Crippen molar-refractivity contribution in [1.82, 2.24) is 0 Å². The van der Waals surface area contributed by atoms with E-state index in [1.165, 1.54) is 18.6 Å². The first-order valence-electron chi connectivity index (χ1n) is 3.81. The minimum atomic E-state index is 0. The molecule has 1 rings (SSSR count). The van der Waals surface area contributed by atoms with Crippen LogP contribution in [-0.2, 0) is 0 Å². The van der Waals surface area contributed by atoms with Gasteiger partial charge < -0.3 is 11.5 Å². The molecule has 0 aromatic heterocycles. The Labute approximate surface area is 91.0 Å². The van der Waals surface area contributed by atoms with Gasteiger partial charge in [0.1, 0.15) is 0 Å². The maximum atomic E-state index is 10.3. The SMILES string of the molecule is C[CH-]CC.[Mg+2].[O-]c1ccccc1. The largest absolute Gasteiger partial charge is 2.00 e. The summed E-state index contributed by atoms with van der Waals surface area (Å²) >= 11 is 0. The van der Waals surface area contributed by atoms with Crippen LogP contribution in [0.3, 0.4) is 0 Å². The van der Waals surface area contributed by atoms with Gasteiger partial charge in [0.25, 0.3) is 0 Å². The molecule has 62 valence electrons. The van der Waals surface area contributed by atoms with Crippen LogP contribution in [-0.4, -0.2) is 23.1 Å². The first-order chi connectivity index (χ1) is 5.31. The van der Waals surface area contributed by atoms with Crippen molar-refractivity contribution in [2.75, 3.05) is 0 Å². The van der Waals surface area contributed by atoms with Crippen molar-refractivity contribution in [2.24, 2.45) is 0 Å². The zero-order valence-corrected chi connectivity index (χ0v) is 9.20. The molecule has 0 spiro atoms. The molecule has 2 heteroatoms. The molecule has 0 atom stereocenters. The smallest absolute Gasteiger partial charge is 0.872 e. The molecule has 0 heterocycles. The van der Waals surface area contributed by atoms with E-state index < -0.39 is 0 Å². The van der Waals surface area contributed by atoms with Gasteiger partial charge in [-0.3, -0.25) is 0 Å². The van der Waals surface area contributed by atoms with Gasteiger partial charge in [-0.25, -0.2) is 0 Å². The van der Waals surface area contributed by atoms with Crippen LogP contribution >= 0.6 is 0 Å². The van der Waals surface area contributed by atoms with Crippen LogP contribution in [0.1, 0.15) is 20.3 Å². The third-order valence-electron chi connectivity index (χ3n) is 1.15. The minimum Gasteiger partial charge on any atom is -0.872 e. The number of para-hydroxylation sites is 1. The first-order valence-corrected chi connectivity index (χ1v) is 3.81. The second kappa shape index (κ2) is 10.8. The second-order valence-corrected chi connectivity index (χ2v) is 2.13. The normalized spacial score (nSPS) is 7.50. The molecule has 1 nitrogen and oxygen atoms in total. The number of hydrogen-bond donors (Lipinski definition) is 0. The van der Waals surface area contributed by atoms with E-state index in [1.807, 2.05) is 6.07 Å². The summed E-state index contributed by atoms with van der Waals surface area (Å²) in [6, 6.07) is 8.33. The zero-order valence-electron chi connectivity index (χ0n) is 7.79. The summed E-state index contributed by atoms with van der Waals surface area (Å²) in [5, 5.41) is 10.3. The van der Waals surface area contributed by atoms with Crippen LogP contribution in [0.5, 0.6) is 5.75 Å². The summed E-state index contributed by atoms with van der Waals surface area (Å²) in [4.78, 5) is 0. The molecule has 0 aliphatic rings. The van der Waals surface area contributed by atoms with Crippen molar-refractivity contribution in [3.8, 4) is 5.75 Å². The summed E-state index contributed by atoms with van der Waals surface area (Å²) in [5.74, 6) is 0.0718. The van der Waals surface area contributed by atoms with E-state index >= 15 is 0 Å². The number of hydrogen-bond acceptors (Lipinski definition) is 1. The van der Waals surface area contributed by atoms with Crippen molar-refractivity contribution in [3.63, 3.8) is 0 Å². The summed E-state index contributed by atoms with van der Waals surface area (Å²) in [6.45, 7) is 4.18. The Kier molecular flexibility index (Phi) is 12.9. The van der Waals surface area contributed by atoms with Crippen LogP contribution in [0, 0.1) is 6.42 Å². The van der Waals surface area contributed by atoms with Crippen LogP contribution in [0.4, 0.5) is 0 Å². The van der Waals surface area contributed by atoms with Crippen molar-refractivity contribution >= 4 is 23.1 Å². The molecule has 0 aliphatic carbocycles. The Morgan fingerprint density at radius 1 is 1.25 bits per heavy atom. The van der Waals surface area contributed by atoms with Crippen LogP contribution in [0.2, 0.25) is 0 Å². The van der Waals surface area contributed by atoms with E-state index in [0.29, 0.717) is 0 Å². The Morgan fingerprint density at radius 3 is 1.83 bits per heavy atom. The third kappa shape index (κ3) is 9.79. The standard InChI is InChI=1S/C6H6O.C4H9.Mg/c7-6-4-2-1-3-5-6;1-3-4-2;/h1-5,7H;3H,4H2,1-2H3;/q;-1;+2/p-1. The van der Waals surface area contributed by atoms with Crippen LogP contribution in [0.15, 0.2) is 30.3 Å². The van der Waals surface area contributed by atoms with Gasteiger partial charge in [0.15, 0.2) is 0 Å². The zero-order chi connectivity index (χ0) is 8.53. The van der Waals surface area contributed by atoms with Gasteiger partial charge >= 0.3 is 23.1 Å². The molecule has 0 N–H and O–H groups in total. The molecular formula is C10H14MgO. The van der Waals surface area contributed by atoms with Crippen LogP contribution < -0.4 is 5.11 Å². The molecule has 0 amide bonds. The molecule has 0 bridgehead atoms. The fraction of sp³-hybridized carbons (Fsp3) is 0.300. The monoisotopic (exact) mass is 174 g/mol. The number of rotatable bonds is 1. The summed E-state index contributed by atoms with van der Waals surface area (Å²) in [6.07, 6.45) is 3.32. The average molecular weight is 175 g/mol. The van der Waals surface area contributed by atoms with Gasteiger partial charge in [-0.2, -0.15) is 13.3 Å². The van der Waals surface area contributed by atoms with Crippen molar-refractivity contribution in [2.45, 2.75) is 20.3 Å². The third-order valence-corrected chi connectivity index (χ3v) is 1.15. The number of benzene rings is 1. The summed E-state index contributed by atoms with van der Waals surface area (Å²) in [7, 11) is 0. The fourth-order valence-corrected chi connectivity index (χ4v) is 0.420. The van der Waals surface area contributed by atoms with Gasteiger partial charge in [0, 0.05) is 0 Å². The van der Waals surface area contributed by atoms with E-state index in [2.05, 4.69) is 20.3 Å². The van der Waals surface area contributed by atoms with E-state index in [1.54, 1.807) is 12.1 Å². The van der Waals surface area contributed by atoms with Crippen molar-refractivity contribution in [1.29, 1.82) is 0 Å². The van der Waals surface area contributed by atoms with E-state index in [-0.39, 0.29) is 28.8 Å². The summed E-state index contributed by atoms with van der Waals surface area (Å²) in [5.41, 5.74) is 0. The molecule has 0 fully saturated rings. The Balaban J connectivity index is 0. The van der Waals surface area contributed by atoms with Gasteiger partial charge in [-0.1, -0.05) is 37.3 Å². The molecule has 0 radical (unpaired) electrons. The van der Waals surface area contributed by atoms with Crippen molar-refractivity contribution in [3.05, 3.63) is 36.8 Å². The quantitative estimate of drug-likeness (QED) is 0.472. The molecule has 12 heavy (non-hydrogen) atoms. The Bertz CT molecular complexity index is 161. The summed E-state index contributed by atoms with van der Waals surface area (Å²) < 4.78 is 0. The molecule has 1 aromatic rings. The molecule has 0 saturated carbocycles. The Hall–Kier alpha value is -0.214. The molecular weight excluding hydrogens is 160 g/mol. The van der Waals surface area contributed by atoms with Crippen LogP contribution in [0.25, 0.3) is 0 Å². The second-order valence-electron chi connectivity index (χ2n) is 2.13. The van der Waals surface area contributed by atoms with E-state index in [4.69, 9.17) is 0 Å². The number of unbranched alkanes of at least 4 members (excludes halogenated alkanes) is 1. The molecule has 0 saturated heterocycles.